The second kappa shape index (κ2) is 9.39. The van der Waals surface area contributed by atoms with Crippen LogP contribution in [-0.2, 0) is 45.5 Å². The molecule has 4 aromatic rings. The first-order valence-electron chi connectivity index (χ1n) is 10.8. The van der Waals surface area contributed by atoms with E-state index in [1.54, 1.807) is 10.9 Å². The topological polar surface area (TPSA) is 77.5 Å². The van der Waals surface area contributed by atoms with Crippen molar-refractivity contribution in [1.82, 2.24) is 35.0 Å². The van der Waals surface area contributed by atoms with Gasteiger partial charge in [0.25, 0.3) is 5.95 Å². The zero-order chi connectivity index (χ0) is 26.3. The Balaban J connectivity index is 1.77. The summed E-state index contributed by atoms with van der Waals surface area (Å²) in [6.07, 6.45) is -7.98. The Kier molecular flexibility index (Phi) is 6.62. The van der Waals surface area contributed by atoms with E-state index < -0.39 is 23.5 Å². The van der Waals surface area contributed by atoms with E-state index in [9.17, 15) is 26.3 Å². The Labute approximate surface area is 201 Å². The van der Waals surface area contributed by atoms with Gasteiger partial charge in [0.05, 0.1) is 24.4 Å². The predicted octanol–water partition coefficient (Wildman–Crippen LogP) is 4.60. The molecule has 191 valence electrons. The average molecular weight is 511 g/mol. The predicted molar refractivity (Wildman–Crippen MR) is 117 cm³/mol. The maximum absolute atomic E-state index is 13.4. The number of hydrogen-bond acceptors (Lipinski definition) is 6. The van der Waals surface area contributed by atoms with Gasteiger partial charge in [-0.1, -0.05) is 5.10 Å². The highest BCUT2D eigenvalue weighted by molar-refractivity contribution is 5.76. The maximum atomic E-state index is 13.4. The summed E-state index contributed by atoms with van der Waals surface area (Å²) in [7, 11) is 1.49. The number of rotatable bonds is 7. The summed E-state index contributed by atoms with van der Waals surface area (Å²) in [5.41, 5.74) is -1.10. The molecule has 0 bridgehead atoms. The number of anilines is 1. The SMILES string of the molecule is [CH2]Cc1nc2c(cnn2CC)cc1CN(Cc1cc(C(F)(F)F)cc(C(F)(F)F)c1)c1nnn(C)n1. The zero-order valence-electron chi connectivity index (χ0n) is 19.3. The van der Waals surface area contributed by atoms with Crippen LogP contribution in [0.1, 0.15) is 34.9 Å². The van der Waals surface area contributed by atoms with Crippen molar-refractivity contribution in [3.05, 3.63) is 65.3 Å². The highest BCUT2D eigenvalue weighted by atomic mass is 19.4. The molecule has 0 amide bonds. The van der Waals surface area contributed by atoms with Gasteiger partial charge in [-0.25, -0.2) is 9.67 Å². The molecule has 8 nitrogen and oxygen atoms in total. The second-order valence-electron chi connectivity index (χ2n) is 8.07. The highest BCUT2D eigenvalue weighted by Gasteiger charge is 2.37. The summed E-state index contributed by atoms with van der Waals surface area (Å²) >= 11 is 0. The van der Waals surface area contributed by atoms with Gasteiger partial charge in [-0.3, -0.25) is 0 Å². The lowest BCUT2D eigenvalue weighted by atomic mass is 10.0. The van der Waals surface area contributed by atoms with E-state index in [0.717, 1.165) is 10.2 Å². The van der Waals surface area contributed by atoms with Crippen LogP contribution in [0.15, 0.2) is 30.5 Å². The lowest BCUT2D eigenvalue weighted by Gasteiger charge is -2.23. The maximum Gasteiger partial charge on any atom is 0.416 e. The average Bonchev–Trinajstić information content (AvgIpc) is 3.42. The van der Waals surface area contributed by atoms with E-state index in [1.807, 2.05) is 13.0 Å². The van der Waals surface area contributed by atoms with E-state index in [0.29, 0.717) is 42.0 Å². The number of benzene rings is 1. The van der Waals surface area contributed by atoms with E-state index in [-0.39, 0.29) is 30.7 Å². The second-order valence-corrected chi connectivity index (χ2v) is 8.07. The molecule has 14 heteroatoms. The summed E-state index contributed by atoms with van der Waals surface area (Å²) in [4.78, 5) is 7.21. The van der Waals surface area contributed by atoms with E-state index in [4.69, 9.17) is 0 Å². The number of tetrazole rings is 1. The first kappa shape index (κ1) is 25.4. The van der Waals surface area contributed by atoms with Crippen molar-refractivity contribution < 1.29 is 26.3 Å². The number of nitrogens with zero attached hydrogens (tertiary/aromatic N) is 8. The fourth-order valence-corrected chi connectivity index (χ4v) is 3.81. The fraction of sp³-hybridized carbons (Fsp3) is 0.364. The summed E-state index contributed by atoms with van der Waals surface area (Å²) < 4.78 is 82.0. The van der Waals surface area contributed by atoms with E-state index >= 15 is 0 Å². The van der Waals surface area contributed by atoms with Crippen molar-refractivity contribution in [2.45, 2.75) is 45.3 Å². The number of hydrogen-bond donors (Lipinski definition) is 0. The van der Waals surface area contributed by atoms with Gasteiger partial charge in [0, 0.05) is 30.7 Å². The van der Waals surface area contributed by atoms with E-state index in [2.05, 4.69) is 32.4 Å². The molecule has 1 aromatic carbocycles. The molecule has 0 aliphatic rings. The number of fused-ring (bicyclic) bond motifs is 1. The van der Waals surface area contributed by atoms with Gasteiger partial charge in [0.1, 0.15) is 0 Å². The largest absolute Gasteiger partial charge is 0.416 e. The summed E-state index contributed by atoms with van der Waals surface area (Å²) in [5.74, 6) is 0.0304. The molecule has 0 saturated carbocycles. The van der Waals surface area contributed by atoms with Crippen molar-refractivity contribution in [3.8, 4) is 0 Å². The first-order chi connectivity index (χ1) is 16.9. The van der Waals surface area contributed by atoms with Crippen molar-refractivity contribution in [2.24, 2.45) is 7.05 Å². The van der Waals surface area contributed by atoms with Gasteiger partial charge in [-0.2, -0.15) is 36.2 Å². The monoisotopic (exact) mass is 511 g/mol. The van der Waals surface area contributed by atoms with Gasteiger partial charge in [-0.05, 0) is 60.9 Å². The number of halogens is 6. The number of aromatic nitrogens is 7. The number of pyridine rings is 1. The third-order valence-electron chi connectivity index (χ3n) is 5.48. The van der Waals surface area contributed by atoms with Crippen LogP contribution in [0, 0.1) is 6.92 Å². The van der Waals surface area contributed by atoms with Crippen LogP contribution < -0.4 is 4.90 Å². The molecule has 36 heavy (non-hydrogen) atoms. The summed E-state index contributed by atoms with van der Waals surface area (Å²) in [5, 5.41) is 16.8. The molecule has 4 rings (SSSR count). The number of aryl methyl sites for hydroxylation is 2. The molecule has 1 radical (unpaired) electrons. The first-order valence-corrected chi connectivity index (χ1v) is 10.8. The van der Waals surface area contributed by atoms with Crippen molar-refractivity contribution in [1.29, 1.82) is 0 Å². The third kappa shape index (κ3) is 5.26. The van der Waals surface area contributed by atoms with Gasteiger partial charge >= 0.3 is 12.4 Å². The summed E-state index contributed by atoms with van der Waals surface area (Å²) in [6.45, 7) is 6.10. The Hall–Kier alpha value is -3.71. The Morgan fingerprint density at radius 1 is 0.972 bits per heavy atom. The lowest BCUT2D eigenvalue weighted by Crippen LogP contribution is -2.25. The van der Waals surface area contributed by atoms with Crippen LogP contribution in [0.4, 0.5) is 32.3 Å². The molecule has 0 spiro atoms. The Morgan fingerprint density at radius 2 is 1.64 bits per heavy atom. The molecule has 3 aromatic heterocycles. The van der Waals surface area contributed by atoms with Crippen LogP contribution in [0.25, 0.3) is 11.0 Å². The van der Waals surface area contributed by atoms with Crippen LogP contribution in [0.5, 0.6) is 0 Å². The van der Waals surface area contributed by atoms with Crippen LogP contribution >= 0.6 is 0 Å². The normalized spacial score (nSPS) is 12.5. The molecular weight excluding hydrogens is 490 g/mol. The molecule has 3 heterocycles. The minimum Gasteiger partial charge on any atom is -0.329 e. The smallest absolute Gasteiger partial charge is 0.329 e. The van der Waals surface area contributed by atoms with Crippen molar-refractivity contribution in [2.75, 3.05) is 4.90 Å². The molecule has 0 N–H and O–H groups in total. The highest BCUT2D eigenvalue weighted by Crippen LogP contribution is 2.37. The molecule has 0 aliphatic carbocycles. The van der Waals surface area contributed by atoms with E-state index in [1.165, 1.54) is 11.9 Å². The summed E-state index contributed by atoms with van der Waals surface area (Å²) in [6, 6.07) is 3.29. The minimum atomic E-state index is -4.96. The Morgan fingerprint density at radius 3 is 2.17 bits per heavy atom. The third-order valence-corrected chi connectivity index (χ3v) is 5.48. The fourth-order valence-electron chi connectivity index (χ4n) is 3.81. The Bertz CT molecular complexity index is 1340. The standard InChI is InChI=1S/C22H21F6N8/c1-4-18-15(8-14-10-29-36(5-2)19(14)30-18)12-35(20-31-33-34(3)32-20)11-13-6-16(21(23,24)25)9-17(7-13)22(26,27)28/h6-10H,1,4-5,11-12H2,2-3H3. The van der Waals surface area contributed by atoms with Gasteiger partial charge < -0.3 is 4.90 Å². The lowest BCUT2D eigenvalue weighted by molar-refractivity contribution is -0.143. The van der Waals surface area contributed by atoms with Crippen LogP contribution in [0.2, 0.25) is 0 Å². The molecule has 0 atom stereocenters. The van der Waals surface area contributed by atoms with Gasteiger partial charge in [0.15, 0.2) is 5.65 Å². The van der Waals surface area contributed by atoms with Gasteiger partial charge in [-0.15, -0.1) is 5.10 Å². The van der Waals surface area contributed by atoms with Crippen LogP contribution in [0.3, 0.4) is 0 Å². The molecule has 0 saturated heterocycles. The number of alkyl halides is 6. The molecule has 0 aliphatic heterocycles. The van der Waals surface area contributed by atoms with Crippen molar-refractivity contribution >= 4 is 17.0 Å². The van der Waals surface area contributed by atoms with Crippen LogP contribution in [-0.4, -0.2) is 35.0 Å². The minimum absolute atomic E-state index is 0.0304. The quantitative estimate of drug-likeness (QED) is 0.338. The molecule has 0 fully saturated rings. The van der Waals surface area contributed by atoms with Crippen molar-refractivity contribution in [3.63, 3.8) is 0 Å². The van der Waals surface area contributed by atoms with Gasteiger partial charge in [0.2, 0.25) is 0 Å². The molecule has 0 unspecified atom stereocenters. The zero-order valence-corrected chi connectivity index (χ0v) is 19.3. The molecular formula is C22H21F6N8.